The molecule has 1 heterocycles. The van der Waals surface area contributed by atoms with Gasteiger partial charge in [-0.3, -0.25) is 0 Å². The average Bonchev–Trinajstić information content (AvgIpc) is 2.16. The molecule has 14 heavy (non-hydrogen) atoms. The molecule has 0 aliphatic carbocycles. The molecule has 0 aromatic heterocycles. The van der Waals surface area contributed by atoms with E-state index < -0.39 is 0 Å². The predicted octanol–water partition coefficient (Wildman–Crippen LogP) is 2.15. The Kier molecular flexibility index (Phi) is 5.49. The van der Waals surface area contributed by atoms with Crippen LogP contribution in [0.15, 0.2) is 0 Å². The van der Waals surface area contributed by atoms with Crippen LogP contribution in [0.4, 0.5) is 0 Å². The summed E-state index contributed by atoms with van der Waals surface area (Å²) in [7, 11) is 0. The van der Waals surface area contributed by atoms with Crippen molar-refractivity contribution in [3.63, 3.8) is 0 Å². The summed E-state index contributed by atoms with van der Waals surface area (Å²) < 4.78 is 0. The van der Waals surface area contributed by atoms with Crippen LogP contribution in [0.25, 0.3) is 0 Å². The molecule has 84 valence electrons. The molecule has 2 unspecified atom stereocenters. The van der Waals surface area contributed by atoms with E-state index in [1.807, 2.05) is 0 Å². The lowest BCUT2D eigenvalue weighted by atomic mass is 9.98. The van der Waals surface area contributed by atoms with Gasteiger partial charge in [0.05, 0.1) is 0 Å². The Morgan fingerprint density at radius 1 is 1.29 bits per heavy atom. The fourth-order valence-corrected chi connectivity index (χ4v) is 2.07. The van der Waals surface area contributed by atoms with Crippen LogP contribution >= 0.6 is 0 Å². The van der Waals surface area contributed by atoms with Crippen molar-refractivity contribution >= 4 is 0 Å². The van der Waals surface area contributed by atoms with E-state index in [1.165, 1.54) is 32.2 Å². The number of hydrogen-bond donors (Lipinski definition) is 2. The van der Waals surface area contributed by atoms with Crippen molar-refractivity contribution in [3.05, 3.63) is 0 Å². The molecular formula is C12H26N2. The molecule has 2 nitrogen and oxygen atoms in total. The van der Waals surface area contributed by atoms with Gasteiger partial charge in [0.25, 0.3) is 0 Å². The fourth-order valence-electron chi connectivity index (χ4n) is 2.07. The molecule has 1 saturated heterocycles. The fraction of sp³-hybridized carbons (Fsp3) is 1.00. The third-order valence-electron chi connectivity index (χ3n) is 2.93. The zero-order valence-corrected chi connectivity index (χ0v) is 9.97. The molecule has 0 radical (unpaired) electrons. The van der Waals surface area contributed by atoms with Gasteiger partial charge in [-0.05, 0) is 45.2 Å². The number of hydrogen-bond acceptors (Lipinski definition) is 2. The van der Waals surface area contributed by atoms with Crippen LogP contribution in [0.1, 0.15) is 46.5 Å². The Bertz CT molecular complexity index is 139. The highest BCUT2D eigenvalue weighted by atomic mass is 15.0. The van der Waals surface area contributed by atoms with Crippen LogP contribution in [-0.4, -0.2) is 25.2 Å². The van der Waals surface area contributed by atoms with E-state index in [0.717, 1.165) is 18.5 Å². The Labute approximate surface area is 88.8 Å². The van der Waals surface area contributed by atoms with E-state index in [1.54, 1.807) is 0 Å². The quantitative estimate of drug-likeness (QED) is 0.707. The largest absolute Gasteiger partial charge is 0.314 e. The van der Waals surface area contributed by atoms with Gasteiger partial charge in [0.15, 0.2) is 0 Å². The molecule has 1 rings (SSSR count). The van der Waals surface area contributed by atoms with Crippen molar-refractivity contribution in [2.45, 2.75) is 58.5 Å². The highest BCUT2D eigenvalue weighted by Gasteiger charge is 2.15. The van der Waals surface area contributed by atoms with Crippen LogP contribution in [-0.2, 0) is 0 Å². The second kappa shape index (κ2) is 6.41. The van der Waals surface area contributed by atoms with Gasteiger partial charge in [-0.2, -0.15) is 0 Å². The smallest absolute Gasteiger partial charge is 0.00817 e. The van der Waals surface area contributed by atoms with Gasteiger partial charge in [-0.15, -0.1) is 0 Å². The Morgan fingerprint density at radius 2 is 2.07 bits per heavy atom. The monoisotopic (exact) mass is 198 g/mol. The van der Waals surface area contributed by atoms with Crippen LogP contribution < -0.4 is 10.6 Å². The van der Waals surface area contributed by atoms with E-state index in [0.29, 0.717) is 6.04 Å². The molecule has 2 N–H and O–H groups in total. The number of piperidine rings is 1. The summed E-state index contributed by atoms with van der Waals surface area (Å²) in [4.78, 5) is 0. The summed E-state index contributed by atoms with van der Waals surface area (Å²) >= 11 is 0. The minimum absolute atomic E-state index is 0.660. The lowest BCUT2D eigenvalue weighted by Crippen LogP contribution is -2.40. The zero-order chi connectivity index (χ0) is 10.4. The molecule has 1 fully saturated rings. The van der Waals surface area contributed by atoms with E-state index in [-0.39, 0.29) is 0 Å². The molecule has 2 heteroatoms. The molecule has 1 aliphatic heterocycles. The first-order valence-corrected chi connectivity index (χ1v) is 6.15. The van der Waals surface area contributed by atoms with E-state index in [4.69, 9.17) is 0 Å². The summed E-state index contributed by atoms with van der Waals surface area (Å²) in [5.74, 6) is 0.761. The highest BCUT2D eigenvalue weighted by Crippen LogP contribution is 2.11. The van der Waals surface area contributed by atoms with Crippen molar-refractivity contribution in [1.82, 2.24) is 10.6 Å². The Hall–Kier alpha value is -0.0800. The summed E-state index contributed by atoms with van der Waals surface area (Å²) in [5, 5.41) is 7.19. The maximum absolute atomic E-state index is 3.60. The number of rotatable bonds is 5. The Morgan fingerprint density at radius 3 is 2.64 bits per heavy atom. The van der Waals surface area contributed by atoms with Crippen molar-refractivity contribution in [3.8, 4) is 0 Å². The topological polar surface area (TPSA) is 24.1 Å². The van der Waals surface area contributed by atoms with Crippen LogP contribution in [0.2, 0.25) is 0 Å². The van der Waals surface area contributed by atoms with Gasteiger partial charge in [0, 0.05) is 12.1 Å². The first-order valence-electron chi connectivity index (χ1n) is 6.15. The maximum Gasteiger partial charge on any atom is 0.00817 e. The first kappa shape index (κ1) is 12.0. The highest BCUT2D eigenvalue weighted by molar-refractivity contribution is 4.76. The van der Waals surface area contributed by atoms with Crippen molar-refractivity contribution < 1.29 is 0 Å². The summed E-state index contributed by atoms with van der Waals surface area (Å²) in [6.45, 7) is 9.20. The number of nitrogens with one attached hydrogen (secondary N) is 2. The summed E-state index contributed by atoms with van der Waals surface area (Å²) in [6, 6.07) is 1.42. The second-order valence-electron chi connectivity index (χ2n) is 5.09. The zero-order valence-electron chi connectivity index (χ0n) is 9.97. The molecule has 0 aromatic rings. The van der Waals surface area contributed by atoms with Crippen molar-refractivity contribution in [1.29, 1.82) is 0 Å². The third-order valence-corrected chi connectivity index (χ3v) is 2.93. The Balaban J connectivity index is 2.09. The van der Waals surface area contributed by atoms with Gasteiger partial charge in [-0.25, -0.2) is 0 Å². The van der Waals surface area contributed by atoms with Gasteiger partial charge < -0.3 is 10.6 Å². The summed E-state index contributed by atoms with van der Waals surface area (Å²) in [5.41, 5.74) is 0. The van der Waals surface area contributed by atoms with E-state index >= 15 is 0 Å². The average molecular weight is 198 g/mol. The van der Waals surface area contributed by atoms with E-state index in [9.17, 15) is 0 Å². The minimum atomic E-state index is 0.660. The molecule has 0 saturated carbocycles. The lowest BCUT2D eigenvalue weighted by Gasteiger charge is -2.27. The van der Waals surface area contributed by atoms with Crippen LogP contribution in [0.3, 0.4) is 0 Å². The van der Waals surface area contributed by atoms with Gasteiger partial charge >= 0.3 is 0 Å². The van der Waals surface area contributed by atoms with Crippen LogP contribution in [0, 0.1) is 5.92 Å². The third kappa shape index (κ3) is 4.97. The molecule has 2 atom stereocenters. The van der Waals surface area contributed by atoms with Gasteiger partial charge in [-0.1, -0.05) is 20.3 Å². The standard InChI is InChI=1S/C12H26N2/c1-10(2)9-14-11(3)8-12-6-4-5-7-13-12/h10-14H,4-9H2,1-3H3. The summed E-state index contributed by atoms with van der Waals surface area (Å²) in [6.07, 6.45) is 5.43. The maximum atomic E-state index is 3.60. The molecule has 1 aliphatic rings. The molecule has 0 bridgehead atoms. The van der Waals surface area contributed by atoms with Gasteiger partial charge in [0.2, 0.25) is 0 Å². The molecule has 0 spiro atoms. The van der Waals surface area contributed by atoms with Crippen molar-refractivity contribution in [2.24, 2.45) is 5.92 Å². The van der Waals surface area contributed by atoms with Crippen LogP contribution in [0.5, 0.6) is 0 Å². The first-order chi connectivity index (χ1) is 6.68. The van der Waals surface area contributed by atoms with Gasteiger partial charge in [0.1, 0.15) is 0 Å². The normalized spacial score (nSPS) is 25.3. The predicted molar refractivity (Wildman–Crippen MR) is 62.6 cm³/mol. The SMILES string of the molecule is CC(C)CNC(C)CC1CCCCN1. The second-order valence-corrected chi connectivity index (χ2v) is 5.09. The lowest BCUT2D eigenvalue weighted by molar-refractivity contribution is 0.339. The molecular weight excluding hydrogens is 172 g/mol. The minimum Gasteiger partial charge on any atom is -0.314 e. The van der Waals surface area contributed by atoms with E-state index in [2.05, 4.69) is 31.4 Å². The molecule has 0 aromatic carbocycles. The van der Waals surface area contributed by atoms with Crippen molar-refractivity contribution in [2.75, 3.05) is 13.1 Å². The molecule has 0 amide bonds.